The minimum atomic E-state index is -0.437. The molecule has 0 N–H and O–H groups in total. The van der Waals surface area contributed by atoms with Gasteiger partial charge in [0.15, 0.2) is 0 Å². The van der Waals surface area contributed by atoms with Gasteiger partial charge in [-0.2, -0.15) is 0 Å². The molecular weight excluding hydrogens is 285 g/mol. The molecule has 12 heavy (non-hydrogen) atoms. The maximum absolute atomic E-state index is 5.88. The van der Waals surface area contributed by atoms with E-state index in [0.717, 1.165) is 0 Å². The molecule has 1 fully saturated rings. The van der Waals surface area contributed by atoms with Crippen molar-refractivity contribution < 1.29 is 0 Å². The lowest BCUT2D eigenvalue weighted by Gasteiger charge is -2.37. The molecule has 1 aliphatic carbocycles. The SMILES string of the molecule is ClC1[C@H](Cl)[C@@H](Cl)[C@H](Cl)[C@H](Cl)[C@H]1Cl. The first-order chi connectivity index (χ1) is 5.46. The monoisotopic (exact) mass is 288 g/mol. The summed E-state index contributed by atoms with van der Waals surface area (Å²) < 4.78 is 0. The van der Waals surface area contributed by atoms with Gasteiger partial charge in [0.2, 0.25) is 0 Å². The van der Waals surface area contributed by atoms with Gasteiger partial charge in [-0.05, 0) is 0 Å². The third kappa shape index (κ3) is 2.04. The topological polar surface area (TPSA) is 0 Å². The third-order valence-corrected chi connectivity index (χ3v) is 5.86. The Morgan fingerprint density at radius 3 is 0.500 bits per heavy atom. The molecule has 0 heterocycles. The molecular formula is C6H6Cl6. The first kappa shape index (κ1) is 11.8. The number of rotatable bonds is 0. The lowest BCUT2D eigenvalue weighted by Crippen LogP contribution is -2.52. The van der Waals surface area contributed by atoms with Crippen LogP contribution in [0.4, 0.5) is 0 Å². The molecule has 0 saturated heterocycles. The average Bonchev–Trinajstić information content (AvgIpc) is 2.08. The Morgan fingerprint density at radius 1 is 0.333 bits per heavy atom. The summed E-state index contributed by atoms with van der Waals surface area (Å²) >= 11 is 35.3. The van der Waals surface area contributed by atoms with Crippen LogP contribution in [-0.2, 0) is 0 Å². The van der Waals surface area contributed by atoms with Crippen LogP contribution in [0.15, 0.2) is 0 Å². The van der Waals surface area contributed by atoms with Crippen molar-refractivity contribution in [2.45, 2.75) is 32.3 Å². The number of alkyl halides is 6. The van der Waals surface area contributed by atoms with Crippen LogP contribution in [0, 0.1) is 0 Å². The van der Waals surface area contributed by atoms with Gasteiger partial charge in [0.25, 0.3) is 0 Å². The Hall–Kier alpha value is 1.74. The molecule has 0 aromatic rings. The molecule has 1 aliphatic rings. The van der Waals surface area contributed by atoms with E-state index in [-0.39, 0.29) is 0 Å². The molecule has 0 aromatic carbocycles. The molecule has 0 nitrogen and oxygen atoms in total. The second kappa shape index (κ2) is 4.51. The minimum Gasteiger partial charge on any atom is -0.120 e. The van der Waals surface area contributed by atoms with Crippen LogP contribution < -0.4 is 0 Å². The first-order valence-corrected chi connectivity index (χ1v) is 5.93. The highest BCUT2D eigenvalue weighted by Gasteiger charge is 2.46. The minimum absolute atomic E-state index is 0.437. The van der Waals surface area contributed by atoms with Gasteiger partial charge >= 0.3 is 0 Å². The van der Waals surface area contributed by atoms with Crippen LogP contribution >= 0.6 is 69.6 Å². The van der Waals surface area contributed by atoms with Crippen molar-refractivity contribution in [3.63, 3.8) is 0 Å². The summed E-state index contributed by atoms with van der Waals surface area (Å²) in [6.07, 6.45) is 0. The standard InChI is InChI=1S/C6H6Cl6/c7-1-2(8)4(10)6(12)5(11)3(1)9/h1-6H/t1-,2-,3-,4+,5+,6?/m0/s1. The Balaban J connectivity index is 2.76. The van der Waals surface area contributed by atoms with Gasteiger partial charge in [-0.15, -0.1) is 69.6 Å². The molecule has 0 aromatic heterocycles. The highest BCUT2D eigenvalue weighted by atomic mass is 35.5. The zero-order valence-electron chi connectivity index (χ0n) is 5.73. The summed E-state index contributed by atoms with van der Waals surface area (Å²) in [4.78, 5) is 0. The van der Waals surface area contributed by atoms with E-state index >= 15 is 0 Å². The normalized spacial score (nSPS) is 55.5. The number of hydrogen-bond acceptors (Lipinski definition) is 0. The Bertz CT molecular complexity index is 104. The quantitative estimate of drug-likeness (QED) is 0.598. The molecule has 0 atom stereocenters. The first-order valence-electron chi connectivity index (χ1n) is 3.31. The van der Waals surface area contributed by atoms with Crippen molar-refractivity contribution in [2.24, 2.45) is 0 Å². The lowest BCUT2D eigenvalue weighted by atomic mass is 9.97. The van der Waals surface area contributed by atoms with Gasteiger partial charge in [-0.1, -0.05) is 0 Å². The van der Waals surface area contributed by atoms with Crippen LogP contribution in [0.1, 0.15) is 0 Å². The fraction of sp³-hybridized carbons (Fsp3) is 1.00. The van der Waals surface area contributed by atoms with Crippen molar-refractivity contribution in [3.05, 3.63) is 0 Å². The molecule has 6 heteroatoms. The summed E-state index contributed by atoms with van der Waals surface area (Å²) in [6.45, 7) is 0. The van der Waals surface area contributed by atoms with Crippen LogP contribution in [-0.4, -0.2) is 32.3 Å². The van der Waals surface area contributed by atoms with Crippen LogP contribution in [0.25, 0.3) is 0 Å². The largest absolute Gasteiger partial charge is 0.120 e. The van der Waals surface area contributed by atoms with Gasteiger partial charge in [-0.3, -0.25) is 0 Å². The fourth-order valence-corrected chi connectivity index (χ4v) is 3.38. The molecule has 1 rings (SSSR count). The van der Waals surface area contributed by atoms with Gasteiger partial charge in [0.1, 0.15) is 0 Å². The van der Waals surface area contributed by atoms with E-state index in [0.29, 0.717) is 0 Å². The van der Waals surface area contributed by atoms with Gasteiger partial charge < -0.3 is 0 Å². The maximum Gasteiger partial charge on any atom is 0.0693 e. The van der Waals surface area contributed by atoms with Crippen LogP contribution in [0.5, 0.6) is 0 Å². The van der Waals surface area contributed by atoms with E-state index in [1.165, 1.54) is 0 Å². The summed E-state index contributed by atoms with van der Waals surface area (Å²) in [5, 5.41) is -2.62. The van der Waals surface area contributed by atoms with Crippen molar-refractivity contribution in [1.29, 1.82) is 0 Å². The summed E-state index contributed by atoms with van der Waals surface area (Å²) in [5.74, 6) is 0. The zero-order valence-corrected chi connectivity index (χ0v) is 10.3. The van der Waals surface area contributed by atoms with Crippen LogP contribution in [0.3, 0.4) is 0 Å². The second-order valence-corrected chi connectivity index (χ2v) is 5.69. The molecule has 0 unspecified atom stereocenters. The lowest BCUT2D eigenvalue weighted by molar-refractivity contribution is 0.544. The van der Waals surface area contributed by atoms with E-state index in [1.54, 1.807) is 0 Å². The zero-order chi connectivity index (χ0) is 9.46. The summed E-state index contributed by atoms with van der Waals surface area (Å²) in [5.41, 5.74) is 0. The fourth-order valence-electron chi connectivity index (χ4n) is 1.05. The van der Waals surface area contributed by atoms with E-state index in [1.807, 2.05) is 0 Å². The van der Waals surface area contributed by atoms with Crippen LogP contribution in [0.2, 0.25) is 0 Å². The average molecular weight is 291 g/mol. The van der Waals surface area contributed by atoms with Gasteiger partial charge in [0.05, 0.1) is 32.3 Å². The predicted octanol–water partition coefficient (Wildman–Crippen LogP) is 3.64. The molecule has 0 spiro atoms. The van der Waals surface area contributed by atoms with E-state index in [2.05, 4.69) is 0 Å². The number of hydrogen-bond donors (Lipinski definition) is 0. The molecule has 0 bridgehead atoms. The van der Waals surface area contributed by atoms with Crippen molar-refractivity contribution in [3.8, 4) is 0 Å². The molecule has 0 radical (unpaired) electrons. The molecule has 0 amide bonds. The predicted molar refractivity (Wildman–Crippen MR) is 57.8 cm³/mol. The highest BCUT2D eigenvalue weighted by Crippen LogP contribution is 2.39. The van der Waals surface area contributed by atoms with Crippen molar-refractivity contribution in [1.82, 2.24) is 0 Å². The van der Waals surface area contributed by atoms with Gasteiger partial charge in [0, 0.05) is 0 Å². The van der Waals surface area contributed by atoms with Crippen molar-refractivity contribution in [2.75, 3.05) is 0 Å². The van der Waals surface area contributed by atoms with E-state index in [4.69, 9.17) is 69.6 Å². The molecule has 1 saturated carbocycles. The highest BCUT2D eigenvalue weighted by molar-refractivity contribution is 6.45. The smallest absolute Gasteiger partial charge is 0.0693 e. The van der Waals surface area contributed by atoms with E-state index < -0.39 is 32.3 Å². The third-order valence-electron chi connectivity index (χ3n) is 1.83. The Labute approximate surface area is 101 Å². The van der Waals surface area contributed by atoms with Gasteiger partial charge in [-0.25, -0.2) is 0 Å². The maximum atomic E-state index is 5.88. The molecule has 72 valence electrons. The van der Waals surface area contributed by atoms with Crippen molar-refractivity contribution >= 4 is 69.6 Å². The Morgan fingerprint density at radius 2 is 0.417 bits per heavy atom. The second-order valence-electron chi connectivity index (χ2n) is 2.67. The summed E-state index contributed by atoms with van der Waals surface area (Å²) in [7, 11) is 0. The summed E-state index contributed by atoms with van der Waals surface area (Å²) in [6, 6.07) is 0. The Kier molecular flexibility index (Phi) is 4.44. The number of halogens is 6. The molecule has 0 aliphatic heterocycles. The van der Waals surface area contributed by atoms with E-state index in [9.17, 15) is 0 Å².